The van der Waals surface area contributed by atoms with Crippen molar-refractivity contribution in [3.8, 4) is 0 Å². The van der Waals surface area contributed by atoms with Gasteiger partial charge in [0.25, 0.3) is 0 Å². The molecule has 6 heteroatoms. The molecule has 2 aromatic carbocycles. The number of benzene rings is 2. The van der Waals surface area contributed by atoms with Crippen LogP contribution < -0.4 is 0 Å². The molecule has 0 aliphatic rings. The fraction of sp³-hybridized carbons (Fsp3) is 0.417. The van der Waals surface area contributed by atoms with Crippen molar-refractivity contribution in [3.05, 3.63) is 71.8 Å². The average Bonchev–Trinajstić information content (AvgIpc) is 2.70. The van der Waals surface area contributed by atoms with Gasteiger partial charge in [-0.3, -0.25) is 0 Å². The highest BCUT2D eigenvalue weighted by atomic mass is 16.6. The van der Waals surface area contributed by atoms with Crippen molar-refractivity contribution in [1.29, 1.82) is 0 Å². The molecule has 162 valence electrons. The van der Waals surface area contributed by atoms with Crippen molar-refractivity contribution < 1.29 is 28.5 Å². The van der Waals surface area contributed by atoms with Gasteiger partial charge in [-0.25, -0.2) is 9.59 Å². The number of carbonyl (C=O) groups is 2. The first-order valence-corrected chi connectivity index (χ1v) is 10.1. The fourth-order valence-electron chi connectivity index (χ4n) is 2.68. The maximum absolute atomic E-state index is 12.8. The standard InChI is InChI=1S/C24H30O6/c1-17(2)29-23(25)21(27-15-19-11-7-5-8-12-19)22(24(26)30-18(3)4)28-16-20-13-9-6-10-14-20/h5-14,17-18,21-22H,15-16H2,1-4H3/t21-,22?/m1/s1. The van der Waals surface area contributed by atoms with Gasteiger partial charge in [0.2, 0.25) is 0 Å². The SMILES string of the molecule is CC(C)OC(=O)C(OCc1ccccc1)[C@@H](OCc1ccccc1)C(=O)OC(C)C. The quantitative estimate of drug-likeness (QED) is 0.517. The van der Waals surface area contributed by atoms with Gasteiger partial charge in [0.1, 0.15) is 0 Å². The zero-order chi connectivity index (χ0) is 21.9. The van der Waals surface area contributed by atoms with Gasteiger partial charge in [-0.05, 0) is 38.8 Å². The van der Waals surface area contributed by atoms with Crippen LogP contribution in [-0.4, -0.2) is 36.4 Å². The third kappa shape index (κ3) is 7.97. The van der Waals surface area contributed by atoms with Gasteiger partial charge < -0.3 is 18.9 Å². The molecule has 0 fully saturated rings. The molecule has 2 aromatic rings. The Hall–Kier alpha value is -2.70. The molecule has 0 N–H and O–H groups in total. The number of rotatable bonds is 11. The highest BCUT2D eigenvalue weighted by Crippen LogP contribution is 2.16. The molecule has 0 aliphatic heterocycles. The van der Waals surface area contributed by atoms with E-state index in [0.29, 0.717) is 0 Å². The maximum Gasteiger partial charge on any atom is 0.338 e. The van der Waals surface area contributed by atoms with Gasteiger partial charge in [-0.1, -0.05) is 60.7 Å². The third-order valence-corrected chi connectivity index (χ3v) is 3.99. The smallest absolute Gasteiger partial charge is 0.338 e. The molecule has 30 heavy (non-hydrogen) atoms. The fourth-order valence-corrected chi connectivity index (χ4v) is 2.68. The number of esters is 2. The first kappa shape index (κ1) is 23.6. The molecule has 0 amide bonds. The second-order valence-corrected chi connectivity index (χ2v) is 7.41. The van der Waals surface area contributed by atoms with Crippen molar-refractivity contribution in [2.45, 2.75) is 65.3 Å². The molecular weight excluding hydrogens is 384 g/mol. The van der Waals surface area contributed by atoms with E-state index < -0.39 is 24.1 Å². The summed E-state index contributed by atoms with van der Waals surface area (Å²) in [4.78, 5) is 25.6. The second-order valence-electron chi connectivity index (χ2n) is 7.41. The summed E-state index contributed by atoms with van der Waals surface area (Å²) in [6.45, 7) is 7.19. The van der Waals surface area contributed by atoms with Crippen LogP contribution in [0.4, 0.5) is 0 Å². The summed E-state index contributed by atoms with van der Waals surface area (Å²) < 4.78 is 22.4. The predicted octanol–water partition coefficient (Wildman–Crippen LogP) is 4.06. The first-order chi connectivity index (χ1) is 14.4. The van der Waals surface area contributed by atoms with Crippen LogP contribution in [0.25, 0.3) is 0 Å². The third-order valence-electron chi connectivity index (χ3n) is 3.99. The van der Waals surface area contributed by atoms with E-state index in [0.717, 1.165) is 11.1 Å². The summed E-state index contributed by atoms with van der Waals surface area (Å²) in [5.41, 5.74) is 1.72. The lowest BCUT2D eigenvalue weighted by Crippen LogP contribution is -2.46. The summed E-state index contributed by atoms with van der Waals surface area (Å²) in [6, 6.07) is 18.8. The molecule has 0 saturated carbocycles. The van der Waals surface area contributed by atoms with Crippen LogP contribution >= 0.6 is 0 Å². The van der Waals surface area contributed by atoms with Crippen LogP contribution in [0.1, 0.15) is 38.8 Å². The van der Waals surface area contributed by atoms with Crippen molar-refractivity contribution >= 4 is 11.9 Å². The molecule has 0 aromatic heterocycles. The minimum atomic E-state index is -1.26. The van der Waals surface area contributed by atoms with Crippen LogP contribution in [0, 0.1) is 0 Å². The topological polar surface area (TPSA) is 71.1 Å². The molecule has 2 atom stereocenters. The number of hydrogen-bond acceptors (Lipinski definition) is 6. The van der Waals surface area contributed by atoms with E-state index in [4.69, 9.17) is 18.9 Å². The lowest BCUT2D eigenvalue weighted by Gasteiger charge is -2.26. The lowest BCUT2D eigenvalue weighted by molar-refractivity contribution is -0.190. The molecule has 1 unspecified atom stereocenters. The molecule has 2 rings (SSSR count). The van der Waals surface area contributed by atoms with Crippen LogP contribution in [0.15, 0.2) is 60.7 Å². The number of carbonyl (C=O) groups excluding carboxylic acids is 2. The second kappa shape index (κ2) is 12.1. The zero-order valence-electron chi connectivity index (χ0n) is 17.9. The van der Waals surface area contributed by atoms with Crippen LogP contribution in [0.3, 0.4) is 0 Å². The molecule has 0 heterocycles. The van der Waals surface area contributed by atoms with E-state index in [-0.39, 0.29) is 25.4 Å². The largest absolute Gasteiger partial charge is 0.461 e. The summed E-state index contributed by atoms with van der Waals surface area (Å²) in [7, 11) is 0. The van der Waals surface area contributed by atoms with E-state index in [9.17, 15) is 9.59 Å². The molecule has 0 aliphatic carbocycles. The zero-order valence-corrected chi connectivity index (χ0v) is 17.9. The van der Waals surface area contributed by atoms with E-state index in [1.54, 1.807) is 27.7 Å². The van der Waals surface area contributed by atoms with Gasteiger partial charge >= 0.3 is 11.9 Å². The molecule has 0 bridgehead atoms. The number of hydrogen-bond donors (Lipinski definition) is 0. The minimum Gasteiger partial charge on any atom is -0.461 e. The van der Waals surface area contributed by atoms with Crippen molar-refractivity contribution in [1.82, 2.24) is 0 Å². The van der Waals surface area contributed by atoms with E-state index in [2.05, 4.69) is 0 Å². The van der Waals surface area contributed by atoms with E-state index in [1.807, 2.05) is 60.7 Å². The van der Waals surface area contributed by atoms with Crippen LogP contribution in [-0.2, 0) is 41.8 Å². The lowest BCUT2D eigenvalue weighted by atomic mass is 10.1. The van der Waals surface area contributed by atoms with Gasteiger partial charge in [0, 0.05) is 0 Å². The Morgan fingerprint density at radius 1 is 0.633 bits per heavy atom. The highest BCUT2D eigenvalue weighted by molar-refractivity contribution is 5.85. The van der Waals surface area contributed by atoms with Gasteiger partial charge in [-0.2, -0.15) is 0 Å². The Labute approximate surface area is 178 Å². The maximum atomic E-state index is 12.8. The average molecular weight is 414 g/mol. The molecular formula is C24H30O6. The summed E-state index contributed by atoms with van der Waals surface area (Å²) in [5.74, 6) is -1.33. The number of ether oxygens (including phenoxy) is 4. The van der Waals surface area contributed by atoms with Gasteiger partial charge in [0.15, 0.2) is 12.2 Å². The van der Waals surface area contributed by atoms with Crippen LogP contribution in [0.2, 0.25) is 0 Å². The highest BCUT2D eigenvalue weighted by Gasteiger charge is 2.39. The molecule has 6 nitrogen and oxygen atoms in total. The Balaban J connectivity index is 2.23. The Morgan fingerprint density at radius 2 is 0.967 bits per heavy atom. The molecule has 0 saturated heterocycles. The summed E-state index contributed by atoms with van der Waals surface area (Å²) in [5, 5.41) is 0. The first-order valence-electron chi connectivity index (χ1n) is 10.1. The van der Waals surface area contributed by atoms with Gasteiger partial charge in [0.05, 0.1) is 25.4 Å². The van der Waals surface area contributed by atoms with Gasteiger partial charge in [-0.15, -0.1) is 0 Å². The predicted molar refractivity (Wildman–Crippen MR) is 112 cm³/mol. The van der Waals surface area contributed by atoms with E-state index >= 15 is 0 Å². The molecule has 0 radical (unpaired) electrons. The van der Waals surface area contributed by atoms with Crippen molar-refractivity contribution in [2.24, 2.45) is 0 Å². The van der Waals surface area contributed by atoms with Crippen molar-refractivity contribution in [3.63, 3.8) is 0 Å². The monoisotopic (exact) mass is 414 g/mol. The summed E-state index contributed by atoms with van der Waals surface area (Å²) in [6.07, 6.45) is -3.25. The normalized spacial score (nSPS) is 13.1. The van der Waals surface area contributed by atoms with Crippen molar-refractivity contribution in [2.75, 3.05) is 0 Å². The van der Waals surface area contributed by atoms with Crippen LogP contribution in [0.5, 0.6) is 0 Å². The Bertz CT molecular complexity index is 705. The summed E-state index contributed by atoms with van der Waals surface area (Å²) >= 11 is 0. The molecule has 0 spiro atoms. The van der Waals surface area contributed by atoms with E-state index in [1.165, 1.54) is 0 Å². The Kier molecular flexibility index (Phi) is 9.51. The minimum absolute atomic E-state index is 0.124. The Morgan fingerprint density at radius 3 is 1.27 bits per heavy atom.